The van der Waals surface area contributed by atoms with Gasteiger partial charge in [0.1, 0.15) is 5.75 Å². The van der Waals surface area contributed by atoms with Gasteiger partial charge in [-0.1, -0.05) is 19.1 Å². The monoisotopic (exact) mass is 257 g/mol. The van der Waals surface area contributed by atoms with Crippen molar-refractivity contribution in [3.8, 4) is 5.75 Å². The normalized spacial score (nSPS) is 12.1. The van der Waals surface area contributed by atoms with E-state index in [1.165, 1.54) is 5.56 Å². The molecule has 4 nitrogen and oxygen atoms in total. The maximum absolute atomic E-state index is 5.46. The van der Waals surface area contributed by atoms with E-state index in [4.69, 9.17) is 4.74 Å². The molecule has 19 heavy (non-hydrogen) atoms. The van der Waals surface area contributed by atoms with Gasteiger partial charge in [-0.25, -0.2) is 0 Å². The van der Waals surface area contributed by atoms with Crippen molar-refractivity contribution in [1.29, 1.82) is 0 Å². The van der Waals surface area contributed by atoms with Crippen LogP contribution < -0.4 is 10.1 Å². The third-order valence-corrected chi connectivity index (χ3v) is 2.87. The zero-order valence-electron chi connectivity index (χ0n) is 11.3. The van der Waals surface area contributed by atoms with Crippen molar-refractivity contribution in [2.45, 2.75) is 19.9 Å². The number of ether oxygens (including phenoxy) is 1. The van der Waals surface area contributed by atoms with Gasteiger partial charge in [-0.05, 0) is 42.8 Å². The summed E-state index contributed by atoms with van der Waals surface area (Å²) in [6, 6.07) is 10.3. The van der Waals surface area contributed by atoms with Crippen LogP contribution in [-0.4, -0.2) is 23.3 Å². The maximum Gasteiger partial charge on any atom is 0.119 e. The van der Waals surface area contributed by atoms with Gasteiger partial charge in [-0.3, -0.25) is 0 Å². The largest absolute Gasteiger partial charge is 0.494 e. The van der Waals surface area contributed by atoms with E-state index in [-0.39, 0.29) is 6.04 Å². The Hall–Kier alpha value is -1.94. The molecular formula is C15H19N3O. The van der Waals surface area contributed by atoms with Crippen molar-refractivity contribution in [2.75, 3.05) is 13.2 Å². The van der Waals surface area contributed by atoms with Gasteiger partial charge in [0.05, 0.1) is 18.8 Å². The molecule has 0 aliphatic rings. The molecule has 0 saturated carbocycles. The van der Waals surface area contributed by atoms with E-state index < -0.39 is 0 Å². The first-order chi connectivity index (χ1) is 9.35. The summed E-state index contributed by atoms with van der Waals surface area (Å²) in [5, 5.41) is 11.2. The van der Waals surface area contributed by atoms with Crippen molar-refractivity contribution in [2.24, 2.45) is 0 Å². The molecular weight excluding hydrogens is 238 g/mol. The predicted octanol–water partition coefficient (Wildman–Crippen LogP) is 2.57. The van der Waals surface area contributed by atoms with Crippen LogP contribution in [0.15, 0.2) is 42.7 Å². The van der Waals surface area contributed by atoms with Crippen LogP contribution in [0.3, 0.4) is 0 Å². The molecule has 0 aliphatic carbocycles. The summed E-state index contributed by atoms with van der Waals surface area (Å²) in [7, 11) is 0. The first kappa shape index (κ1) is 13.5. The maximum atomic E-state index is 5.46. The fourth-order valence-electron chi connectivity index (χ4n) is 2.03. The molecule has 0 saturated heterocycles. The molecule has 0 bridgehead atoms. The van der Waals surface area contributed by atoms with E-state index in [9.17, 15) is 0 Å². The van der Waals surface area contributed by atoms with Gasteiger partial charge in [0, 0.05) is 6.20 Å². The Morgan fingerprint density at radius 2 is 1.84 bits per heavy atom. The summed E-state index contributed by atoms with van der Waals surface area (Å²) >= 11 is 0. The standard InChI is InChI=1S/C15H19N3O/c1-3-16-15(13-9-10-17-18-11-13)12-5-7-14(8-6-12)19-4-2/h5-11,15-16H,3-4H2,1-2H3. The lowest BCUT2D eigenvalue weighted by Crippen LogP contribution is -2.22. The van der Waals surface area contributed by atoms with Crippen molar-refractivity contribution >= 4 is 0 Å². The summed E-state index contributed by atoms with van der Waals surface area (Å²) in [6.45, 7) is 5.65. The molecule has 1 aromatic heterocycles. The van der Waals surface area contributed by atoms with Gasteiger partial charge in [-0.15, -0.1) is 0 Å². The lowest BCUT2D eigenvalue weighted by Gasteiger charge is -2.18. The van der Waals surface area contributed by atoms with Gasteiger partial charge in [-0.2, -0.15) is 10.2 Å². The first-order valence-corrected chi connectivity index (χ1v) is 6.58. The molecule has 2 aromatic rings. The van der Waals surface area contributed by atoms with Crippen molar-refractivity contribution < 1.29 is 4.74 Å². The average molecular weight is 257 g/mol. The Bertz CT molecular complexity index is 485. The highest BCUT2D eigenvalue weighted by atomic mass is 16.5. The predicted molar refractivity (Wildman–Crippen MR) is 75.2 cm³/mol. The van der Waals surface area contributed by atoms with Crippen LogP contribution in [0.2, 0.25) is 0 Å². The van der Waals surface area contributed by atoms with Gasteiger partial charge in [0.2, 0.25) is 0 Å². The Balaban J connectivity index is 2.24. The zero-order chi connectivity index (χ0) is 13.5. The molecule has 0 aliphatic heterocycles. The third-order valence-electron chi connectivity index (χ3n) is 2.87. The number of benzene rings is 1. The minimum atomic E-state index is 0.135. The van der Waals surface area contributed by atoms with Crippen molar-refractivity contribution in [1.82, 2.24) is 15.5 Å². The molecule has 1 N–H and O–H groups in total. The molecule has 0 fully saturated rings. The number of nitrogens with one attached hydrogen (secondary N) is 1. The van der Waals surface area contributed by atoms with Crippen LogP contribution in [0.5, 0.6) is 5.75 Å². The van der Waals surface area contributed by atoms with Crippen LogP contribution in [0.1, 0.15) is 31.0 Å². The Morgan fingerprint density at radius 3 is 2.42 bits per heavy atom. The molecule has 1 heterocycles. The van der Waals surface area contributed by atoms with E-state index in [0.717, 1.165) is 17.9 Å². The third kappa shape index (κ3) is 3.51. The Morgan fingerprint density at radius 1 is 1.05 bits per heavy atom. The van der Waals surface area contributed by atoms with Gasteiger partial charge in [0.15, 0.2) is 0 Å². The lowest BCUT2D eigenvalue weighted by atomic mass is 10.0. The van der Waals surface area contributed by atoms with E-state index in [1.807, 2.05) is 25.1 Å². The highest BCUT2D eigenvalue weighted by Gasteiger charge is 2.13. The first-order valence-electron chi connectivity index (χ1n) is 6.58. The average Bonchev–Trinajstić information content (AvgIpc) is 2.47. The SMILES string of the molecule is CCNC(c1ccc(OCC)cc1)c1ccnnc1. The fourth-order valence-corrected chi connectivity index (χ4v) is 2.03. The fraction of sp³-hybridized carbons (Fsp3) is 0.333. The second-order valence-electron chi connectivity index (χ2n) is 4.17. The van der Waals surface area contributed by atoms with Gasteiger partial charge >= 0.3 is 0 Å². The topological polar surface area (TPSA) is 47.0 Å². The van der Waals surface area contributed by atoms with E-state index in [1.54, 1.807) is 12.4 Å². The summed E-state index contributed by atoms with van der Waals surface area (Å²) in [5.41, 5.74) is 2.30. The zero-order valence-corrected chi connectivity index (χ0v) is 11.3. The van der Waals surface area contributed by atoms with Crippen LogP contribution in [0.25, 0.3) is 0 Å². The second-order valence-corrected chi connectivity index (χ2v) is 4.17. The molecule has 0 spiro atoms. The number of rotatable bonds is 6. The minimum Gasteiger partial charge on any atom is -0.494 e. The molecule has 1 unspecified atom stereocenters. The van der Waals surface area contributed by atoms with Crippen LogP contribution in [0, 0.1) is 0 Å². The molecule has 4 heteroatoms. The minimum absolute atomic E-state index is 0.135. The van der Waals surface area contributed by atoms with Crippen molar-refractivity contribution in [3.63, 3.8) is 0 Å². The van der Waals surface area contributed by atoms with E-state index >= 15 is 0 Å². The number of aromatic nitrogens is 2. The molecule has 1 aromatic carbocycles. The Labute approximate surface area is 113 Å². The quantitative estimate of drug-likeness (QED) is 0.864. The van der Waals surface area contributed by atoms with Crippen LogP contribution in [0.4, 0.5) is 0 Å². The summed E-state index contributed by atoms with van der Waals surface area (Å²) in [4.78, 5) is 0. The van der Waals surface area contributed by atoms with Crippen LogP contribution >= 0.6 is 0 Å². The lowest BCUT2D eigenvalue weighted by molar-refractivity contribution is 0.340. The molecule has 2 rings (SSSR count). The molecule has 0 radical (unpaired) electrons. The summed E-state index contributed by atoms with van der Waals surface area (Å²) in [6.07, 6.45) is 3.51. The highest BCUT2D eigenvalue weighted by Crippen LogP contribution is 2.23. The second kappa shape index (κ2) is 6.85. The number of nitrogens with zero attached hydrogens (tertiary/aromatic N) is 2. The molecule has 1 atom stereocenters. The van der Waals surface area contributed by atoms with E-state index in [2.05, 4.69) is 34.6 Å². The Kier molecular flexibility index (Phi) is 4.86. The van der Waals surface area contributed by atoms with Gasteiger partial charge in [0.25, 0.3) is 0 Å². The van der Waals surface area contributed by atoms with Crippen LogP contribution in [-0.2, 0) is 0 Å². The van der Waals surface area contributed by atoms with E-state index in [0.29, 0.717) is 6.61 Å². The van der Waals surface area contributed by atoms with Crippen molar-refractivity contribution in [3.05, 3.63) is 53.9 Å². The molecule has 0 amide bonds. The summed E-state index contributed by atoms with van der Waals surface area (Å²) in [5.74, 6) is 0.898. The molecule has 100 valence electrons. The highest BCUT2D eigenvalue weighted by molar-refractivity contribution is 5.34. The summed E-state index contributed by atoms with van der Waals surface area (Å²) < 4.78 is 5.46. The van der Waals surface area contributed by atoms with Gasteiger partial charge < -0.3 is 10.1 Å². The number of hydrogen-bond acceptors (Lipinski definition) is 4. The smallest absolute Gasteiger partial charge is 0.119 e. The number of hydrogen-bond donors (Lipinski definition) is 1.